The first kappa shape index (κ1) is 10.8. The van der Waals surface area contributed by atoms with E-state index in [-0.39, 0.29) is 17.1 Å². The first-order valence-electron chi connectivity index (χ1n) is 5.98. The highest BCUT2D eigenvalue weighted by atomic mass is 32.2. The molecule has 1 aromatic carbocycles. The molecule has 1 aromatic rings. The predicted octanol–water partition coefficient (Wildman–Crippen LogP) is 1.43. The molecular weight excluding hydrogens is 256 g/mol. The minimum atomic E-state index is -3.76. The van der Waals surface area contributed by atoms with Gasteiger partial charge in [-0.15, -0.1) is 0 Å². The van der Waals surface area contributed by atoms with Crippen molar-refractivity contribution in [2.45, 2.75) is 42.2 Å². The molecule has 96 valence electrons. The molecule has 2 fully saturated rings. The fraction of sp³-hybridized carbons (Fsp3) is 0.500. The van der Waals surface area contributed by atoms with Gasteiger partial charge in [0.2, 0.25) is 0 Å². The normalized spacial score (nSPS) is 39.6. The Labute approximate surface area is 105 Å². The molecule has 5 nitrogen and oxygen atoms in total. The molecule has 2 saturated heterocycles. The lowest BCUT2D eigenvalue weighted by molar-refractivity contribution is -0.155. The van der Waals surface area contributed by atoms with E-state index in [9.17, 15) is 8.42 Å². The van der Waals surface area contributed by atoms with Gasteiger partial charge in [0.05, 0.1) is 6.10 Å². The number of benzene rings is 1. The molecule has 0 N–H and O–H groups in total. The molecule has 3 aliphatic heterocycles. The summed E-state index contributed by atoms with van der Waals surface area (Å²) in [5.41, 5.74) is 0. The molecule has 3 heterocycles. The number of hydrogen-bond donors (Lipinski definition) is 0. The largest absolute Gasteiger partial charge is 0.457 e. The molecule has 0 radical (unpaired) electrons. The van der Waals surface area contributed by atoms with E-state index < -0.39 is 15.9 Å². The van der Waals surface area contributed by atoms with Crippen molar-refractivity contribution >= 4 is 10.1 Å². The summed E-state index contributed by atoms with van der Waals surface area (Å²) in [7, 11) is -3.76. The SMILES string of the molecule is O=S1(=O)OC2(CC3CCC2O3)Oc2ccccc21. The van der Waals surface area contributed by atoms with Crippen molar-refractivity contribution in [3.05, 3.63) is 24.3 Å². The van der Waals surface area contributed by atoms with Crippen LogP contribution < -0.4 is 4.74 Å². The molecule has 4 rings (SSSR count). The van der Waals surface area contributed by atoms with Gasteiger partial charge < -0.3 is 9.47 Å². The number of hydrogen-bond acceptors (Lipinski definition) is 5. The van der Waals surface area contributed by atoms with Gasteiger partial charge in [0, 0.05) is 6.42 Å². The first-order chi connectivity index (χ1) is 8.59. The van der Waals surface area contributed by atoms with Crippen molar-refractivity contribution in [2.24, 2.45) is 0 Å². The van der Waals surface area contributed by atoms with Crippen LogP contribution in [0.25, 0.3) is 0 Å². The van der Waals surface area contributed by atoms with Crippen molar-refractivity contribution in [1.29, 1.82) is 0 Å². The Morgan fingerprint density at radius 1 is 1.22 bits per heavy atom. The second-order valence-corrected chi connectivity index (χ2v) is 6.44. The molecule has 1 spiro atoms. The van der Waals surface area contributed by atoms with Crippen LogP contribution in [0.3, 0.4) is 0 Å². The second-order valence-electron chi connectivity index (χ2n) is 4.93. The van der Waals surface area contributed by atoms with E-state index in [1.54, 1.807) is 18.2 Å². The van der Waals surface area contributed by atoms with Gasteiger partial charge in [-0.2, -0.15) is 8.42 Å². The lowest BCUT2D eigenvalue weighted by Crippen LogP contribution is -2.51. The maximum atomic E-state index is 12.2. The van der Waals surface area contributed by atoms with Crippen LogP contribution in [-0.2, 0) is 19.0 Å². The Balaban J connectivity index is 1.85. The summed E-state index contributed by atoms with van der Waals surface area (Å²) in [6.45, 7) is 0. The molecule has 18 heavy (non-hydrogen) atoms. The molecule has 0 aliphatic carbocycles. The Kier molecular flexibility index (Phi) is 1.95. The van der Waals surface area contributed by atoms with E-state index >= 15 is 0 Å². The Morgan fingerprint density at radius 2 is 2.06 bits per heavy atom. The number of ether oxygens (including phenoxy) is 2. The Morgan fingerprint density at radius 3 is 2.78 bits per heavy atom. The highest BCUT2D eigenvalue weighted by Gasteiger charge is 2.60. The summed E-state index contributed by atoms with van der Waals surface area (Å²) in [5.74, 6) is -0.782. The third-order valence-corrected chi connectivity index (χ3v) is 5.14. The van der Waals surface area contributed by atoms with E-state index in [0.29, 0.717) is 12.2 Å². The average molecular weight is 268 g/mol. The lowest BCUT2D eigenvalue weighted by Gasteiger charge is -2.38. The fourth-order valence-electron chi connectivity index (χ4n) is 3.00. The van der Waals surface area contributed by atoms with E-state index in [1.165, 1.54) is 6.07 Å². The van der Waals surface area contributed by atoms with E-state index in [0.717, 1.165) is 12.8 Å². The zero-order chi connectivity index (χ0) is 12.4. The lowest BCUT2D eigenvalue weighted by atomic mass is 9.94. The molecule has 0 saturated carbocycles. The van der Waals surface area contributed by atoms with Gasteiger partial charge in [0.15, 0.2) is 0 Å². The summed E-state index contributed by atoms with van der Waals surface area (Å²) in [6, 6.07) is 6.55. The standard InChI is InChI=1S/C12H12O5S/c13-18(14)10-4-2-1-3-9(10)16-12(17-18)7-8-5-6-11(12)15-8/h1-4,8,11H,5-7H2. The molecule has 3 atom stereocenters. The molecular formula is C12H12O5S. The Bertz CT molecular complexity index is 611. The maximum absolute atomic E-state index is 12.2. The summed E-state index contributed by atoms with van der Waals surface area (Å²) in [4.78, 5) is 0.0957. The van der Waals surface area contributed by atoms with E-state index in [1.807, 2.05) is 0 Å². The van der Waals surface area contributed by atoms with Gasteiger partial charge in [-0.3, -0.25) is 0 Å². The van der Waals surface area contributed by atoms with Crippen LogP contribution >= 0.6 is 0 Å². The van der Waals surface area contributed by atoms with Gasteiger partial charge in [-0.05, 0) is 25.0 Å². The highest BCUT2D eigenvalue weighted by Crippen LogP contribution is 2.49. The van der Waals surface area contributed by atoms with Gasteiger partial charge in [-0.25, -0.2) is 4.18 Å². The van der Waals surface area contributed by atoms with Crippen LogP contribution in [-0.4, -0.2) is 26.4 Å². The fourth-order valence-corrected chi connectivity index (χ4v) is 4.27. The molecule has 3 aliphatic rings. The van der Waals surface area contributed by atoms with Crippen LogP contribution in [0.1, 0.15) is 19.3 Å². The molecule has 6 heteroatoms. The van der Waals surface area contributed by atoms with E-state index in [2.05, 4.69) is 0 Å². The van der Waals surface area contributed by atoms with Gasteiger partial charge in [0.25, 0.3) is 5.79 Å². The molecule has 3 unspecified atom stereocenters. The average Bonchev–Trinajstić information content (AvgIpc) is 2.88. The third kappa shape index (κ3) is 1.31. The minimum absolute atomic E-state index is 0.0514. The van der Waals surface area contributed by atoms with Gasteiger partial charge >= 0.3 is 10.1 Å². The van der Waals surface area contributed by atoms with Crippen molar-refractivity contribution in [3.8, 4) is 5.75 Å². The predicted molar refractivity (Wildman–Crippen MR) is 60.6 cm³/mol. The summed E-state index contributed by atoms with van der Waals surface area (Å²) < 4.78 is 41.1. The van der Waals surface area contributed by atoms with Crippen LogP contribution in [0, 0.1) is 0 Å². The molecule has 0 aromatic heterocycles. The second kappa shape index (κ2) is 3.26. The summed E-state index contributed by atoms with van der Waals surface area (Å²) >= 11 is 0. The third-order valence-electron chi connectivity index (χ3n) is 3.76. The van der Waals surface area contributed by atoms with E-state index in [4.69, 9.17) is 13.7 Å². The van der Waals surface area contributed by atoms with Crippen molar-refractivity contribution < 1.29 is 22.1 Å². The summed E-state index contributed by atoms with van der Waals surface area (Å²) in [6.07, 6.45) is 1.97. The summed E-state index contributed by atoms with van der Waals surface area (Å²) in [5, 5.41) is 0. The first-order valence-corrected chi connectivity index (χ1v) is 7.39. The monoisotopic (exact) mass is 268 g/mol. The van der Waals surface area contributed by atoms with Crippen LogP contribution in [0.5, 0.6) is 5.75 Å². The quantitative estimate of drug-likeness (QED) is 0.666. The maximum Gasteiger partial charge on any atom is 0.304 e. The number of para-hydroxylation sites is 1. The molecule has 0 amide bonds. The zero-order valence-electron chi connectivity index (χ0n) is 9.53. The van der Waals surface area contributed by atoms with Crippen LogP contribution in [0.2, 0.25) is 0 Å². The van der Waals surface area contributed by atoms with Crippen molar-refractivity contribution in [2.75, 3.05) is 0 Å². The van der Waals surface area contributed by atoms with Crippen molar-refractivity contribution in [1.82, 2.24) is 0 Å². The van der Waals surface area contributed by atoms with Gasteiger partial charge in [0.1, 0.15) is 16.7 Å². The minimum Gasteiger partial charge on any atom is -0.457 e. The van der Waals surface area contributed by atoms with Crippen LogP contribution in [0.15, 0.2) is 29.2 Å². The smallest absolute Gasteiger partial charge is 0.304 e. The zero-order valence-corrected chi connectivity index (χ0v) is 10.4. The van der Waals surface area contributed by atoms with Gasteiger partial charge in [-0.1, -0.05) is 12.1 Å². The molecule has 2 bridgehead atoms. The van der Waals surface area contributed by atoms with Crippen LogP contribution in [0.4, 0.5) is 0 Å². The Hall–Kier alpha value is -1.11. The topological polar surface area (TPSA) is 61.8 Å². The number of rotatable bonds is 0. The highest BCUT2D eigenvalue weighted by molar-refractivity contribution is 7.87. The van der Waals surface area contributed by atoms with Crippen molar-refractivity contribution in [3.63, 3.8) is 0 Å². The number of fused-ring (bicyclic) bond motifs is 4.